The first-order valence-electron chi connectivity index (χ1n) is 12.7. The highest BCUT2D eigenvalue weighted by Gasteiger charge is 2.28. The Kier molecular flexibility index (Phi) is 7.69. The topological polar surface area (TPSA) is 64.9 Å². The summed E-state index contributed by atoms with van der Waals surface area (Å²) < 4.78 is 13.2. The molecule has 0 bridgehead atoms. The Balaban J connectivity index is 1.57. The van der Waals surface area contributed by atoms with E-state index in [1.54, 1.807) is 6.07 Å². The van der Waals surface area contributed by atoms with E-state index >= 15 is 0 Å². The summed E-state index contributed by atoms with van der Waals surface area (Å²) in [6, 6.07) is 21.3. The van der Waals surface area contributed by atoms with Crippen LogP contribution in [0.5, 0.6) is 5.75 Å². The number of aryl methyl sites for hydroxylation is 1. The molecule has 4 rings (SSSR count). The lowest BCUT2D eigenvalue weighted by atomic mass is 9.82. The van der Waals surface area contributed by atoms with Crippen LogP contribution in [0.25, 0.3) is 16.9 Å². The van der Waals surface area contributed by atoms with E-state index in [1.807, 2.05) is 60.8 Å². The Morgan fingerprint density at radius 1 is 0.973 bits per heavy atom. The van der Waals surface area contributed by atoms with Crippen LogP contribution < -0.4 is 10.1 Å². The van der Waals surface area contributed by atoms with Crippen molar-refractivity contribution in [3.8, 4) is 17.0 Å². The van der Waals surface area contributed by atoms with E-state index in [1.165, 1.54) is 0 Å². The third-order valence-corrected chi connectivity index (χ3v) is 5.94. The van der Waals surface area contributed by atoms with Crippen LogP contribution in [0.2, 0.25) is 0 Å². The van der Waals surface area contributed by atoms with Gasteiger partial charge >= 0.3 is 5.97 Å². The zero-order valence-corrected chi connectivity index (χ0v) is 22.7. The van der Waals surface area contributed by atoms with Gasteiger partial charge in [0, 0.05) is 17.3 Å². The van der Waals surface area contributed by atoms with Gasteiger partial charge in [-0.3, -0.25) is 4.40 Å². The molecule has 1 N–H and O–H groups in total. The highest BCUT2D eigenvalue weighted by molar-refractivity contribution is 5.79. The van der Waals surface area contributed by atoms with Gasteiger partial charge in [-0.05, 0) is 61.9 Å². The fraction of sp³-hybridized carbons (Fsp3) is 0.355. The zero-order valence-electron chi connectivity index (χ0n) is 22.7. The van der Waals surface area contributed by atoms with Crippen molar-refractivity contribution in [1.29, 1.82) is 0 Å². The molecule has 6 nitrogen and oxygen atoms in total. The first-order valence-corrected chi connectivity index (χ1v) is 12.7. The molecule has 37 heavy (non-hydrogen) atoms. The molecule has 4 aromatic rings. The number of carbonyl (C=O) groups excluding carboxylic acids is 1. The van der Waals surface area contributed by atoms with Crippen molar-refractivity contribution in [2.75, 3.05) is 11.9 Å². The highest BCUT2D eigenvalue weighted by Crippen LogP contribution is 2.36. The number of carbonyl (C=O) groups is 1. The van der Waals surface area contributed by atoms with Gasteiger partial charge in [0.15, 0.2) is 0 Å². The Hall–Kier alpha value is -3.64. The lowest BCUT2D eigenvalue weighted by Gasteiger charge is -2.34. The molecule has 2 heterocycles. The number of imidazole rings is 1. The number of hydrogen-bond acceptors (Lipinski definition) is 5. The molecule has 0 saturated carbocycles. The van der Waals surface area contributed by atoms with Gasteiger partial charge in [-0.2, -0.15) is 0 Å². The van der Waals surface area contributed by atoms with Crippen molar-refractivity contribution in [3.05, 3.63) is 84.1 Å². The minimum atomic E-state index is -0.441. The molecule has 0 radical (unpaired) electrons. The van der Waals surface area contributed by atoms with Gasteiger partial charge < -0.3 is 14.8 Å². The van der Waals surface area contributed by atoms with Crippen molar-refractivity contribution in [3.63, 3.8) is 0 Å². The summed E-state index contributed by atoms with van der Waals surface area (Å²) in [6.45, 7) is 13.5. The van der Waals surface area contributed by atoms with Gasteiger partial charge in [0.05, 0.1) is 6.61 Å². The van der Waals surface area contributed by atoms with E-state index in [2.05, 4.69) is 57.3 Å². The van der Waals surface area contributed by atoms with Crippen LogP contribution in [0.3, 0.4) is 0 Å². The summed E-state index contributed by atoms with van der Waals surface area (Å²) >= 11 is 0. The van der Waals surface area contributed by atoms with Gasteiger partial charge in [0.1, 0.15) is 29.5 Å². The van der Waals surface area contributed by atoms with Crippen LogP contribution >= 0.6 is 0 Å². The van der Waals surface area contributed by atoms with Crippen molar-refractivity contribution in [2.24, 2.45) is 5.41 Å². The third-order valence-electron chi connectivity index (χ3n) is 5.94. The number of ether oxygens (including phenoxy) is 2. The average Bonchev–Trinajstić information content (AvgIpc) is 3.17. The third kappa shape index (κ3) is 6.98. The summed E-state index contributed by atoms with van der Waals surface area (Å²) in [6.07, 6.45) is 3.00. The first-order chi connectivity index (χ1) is 17.5. The number of esters is 1. The molecule has 2 aromatic carbocycles. The molecule has 0 spiro atoms. The normalized spacial score (nSPS) is 12.1. The fourth-order valence-corrected chi connectivity index (χ4v) is 4.91. The maximum absolute atomic E-state index is 12.4. The Morgan fingerprint density at radius 3 is 2.46 bits per heavy atom. The van der Waals surface area contributed by atoms with Crippen molar-refractivity contribution >= 4 is 17.4 Å². The van der Waals surface area contributed by atoms with Gasteiger partial charge in [0.25, 0.3) is 0 Å². The standard InChI is InChI=1S/C31H37N3O3/c1-22-12-11-17-34-28(22)32-27(29(34)33-31(5,6)21-30(2,3)4)24-15-10-16-25(18-24)37-26(35)20-36-19-23-13-8-7-9-14-23/h7-18,33H,19-21H2,1-6H3. The van der Waals surface area contributed by atoms with E-state index in [0.717, 1.165) is 40.3 Å². The molecule has 194 valence electrons. The molecule has 0 atom stereocenters. The fourth-order valence-electron chi connectivity index (χ4n) is 4.91. The number of benzene rings is 2. The largest absolute Gasteiger partial charge is 0.425 e. The van der Waals surface area contributed by atoms with E-state index in [0.29, 0.717) is 12.4 Å². The Labute approximate surface area is 219 Å². The summed E-state index contributed by atoms with van der Waals surface area (Å²) in [5.41, 5.74) is 4.65. The molecular weight excluding hydrogens is 462 g/mol. The van der Waals surface area contributed by atoms with E-state index < -0.39 is 5.97 Å². The predicted molar refractivity (Wildman–Crippen MR) is 149 cm³/mol. The SMILES string of the molecule is Cc1cccn2c(NC(C)(C)CC(C)(C)C)c(-c3cccc(OC(=O)COCc4ccccc4)c3)nc12. The minimum absolute atomic E-state index is 0.125. The molecule has 0 saturated heterocycles. The van der Waals surface area contributed by atoms with Crippen LogP contribution in [0, 0.1) is 12.3 Å². The molecule has 6 heteroatoms. The second kappa shape index (κ2) is 10.8. The van der Waals surface area contributed by atoms with E-state index in [4.69, 9.17) is 14.5 Å². The van der Waals surface area contributed by atoms with Gasteiger partial charge in [0.2, 0.25) is 0 Å². The van der Waals surface area contributed by atoms with Crippen molar-refractivity contribution < 1.29 is 14.3 Å². The number of anilines is 1. The molecule has 2 aromatic heterocycles. The Bertz CT molecular complexity index is 1370. The van der Waals surface area contributed by atoms with Crippen LogP contribution in [0.1, 0.15) is 52.2 Å². The zero-order chi connectivity index (χ0) is 26.6. The molecule has 0 fully saturated rings. The molecule has 0 aliphatic heterocycles. The van der Waals surface area contributed by atoms with Crippen LogP contribution in [0.4, 0.5) is 5.82 Å². The number of fused-ring (bicyclic) bond motifs is 1. The summed E-state index contributed by atoms with van der Waals surface area (Å²) in [5.74, 6) is 0.936. The number of rotatable bonds is 9. The average molecular weight is 500 g/mol. The second-order valence-electron chi connectivity index (χ2n) is 11.4. The van der Waals surface area contributed by atoms with Gasteiger partial charge in [-0.25, -0.2) is 9.78 Å². The van der Waals surface area contributed by atoms with Crippen LogP contribution in [-0.2, 0) is 16.1 Å². The van der Waals surface area contributed by atoms with Crippen LogP contribution in [-0.4, -0.2) is 27.5 Å². The molecule has 0 amide bonds. The summed E-state index contributed by atoms with van der Waals surface area (Å²) in [5, 5.41) is 3.77. The van der Waals surface area contributed by atoms with E-state index in [9.17, 15) is 4.79 Å². The number of nitrogens with one attached hydrogen (secondary N) is 1. The first kappa shape index (κ1) is 26.4. The smallest absolute Gasteiger partial charge is 0.337 e. The number of pyridine rings is 1. The molecular formula is C31H37N3O3. The van der Waals surface area contributed by atoms with Gasteiger partial charge in [-0.1, -0.05) is 69.3 Å². The lowest BCUT2D eigenvalue weighted by molar-refractivity contribution is -0.139. The monoisotopic (exact) mass is 499 g/mol. The maximum atomic E-state index is 12.4. The lowest BCUT2D eigenvalue weighted by Crippen LogP contribution is -2.36. The maximum Gasteiger partial charge on any atom is 0.337 e. The molecule has 0 unspecified atom stereocenters. The van der Waals surface area contributed by atoms with Gasteiger partial charge in [-0.15, -0.1) is 0 Å². The quantitative estimate of drug-likeness (QED) is 0.197. The number of aromatic nitrogens is 2. The highest BCUT2D eigenvalue weighted by atomic mass is 16.6. The number of nitrogens with zero attached hydrogens (tertiary/aromatic N) is 2. The molecule has 0 aliphatic carbocycles. The van der Waals surface area contributed by atoms with Crippen LogP contribution in [0.15, 0.2) is 72.9 Å². The van der Waals surface area contributed by atoms with Crippen molar-refractivity contribution in [1.82, 2.24) is 9.38 Å². The second-order valence-corrected chi connectivity index (χ2v) is 11.4. The summed E-state index contributed by atoms with van der Waals surface area (Å²) in [7, 11) is 0. The van der Waals surface area contributed by atoms with E-state index in [-0.39, 0.29) is 17.6 Å². The molecule has 0 aliphatic rings. The predicted octanol–water partition coefficient (Wildman–Crippen LogP) is 7.06. The minimum Gasteiger partial charge on any atom is -0.425 e. The van der Waals surface area contributed by atoms with Crippen molar-refractivity contribution in [2.45, 2.75) is 60.1 Å². The summed E-state index contributed by atoms with van der Waals surface area (Å²) in [4.78, 5) is 17.4. The number of hydrogen-bond donors (Lipinski definition) is 1. The Morgan fingerprint density at radius 2 is 1.73 bits per heavy atom.